The fourth-order valence-corrected chi connectivity index (χ4v) is 7.54. The number of carbonyl (C=O) groups excluding carboxylic acids is 1. The van der Waals surface area contributed by atoms with E-state index in [1.54, 1.807) is 6.08 Å². The van der Waals surface area contributed by atoms with E-state index in [2.05, 4.69) is 78.2 Å². The lowest BCUT2D eigenvalue weighted by Crippen LogP contribution is -2.49. The van der Waals surface area contributed by atoms with Crippen LogP contribution in [0.5, 0.6) is 0 Å². The van der Waals surface area contributed by atoms with Crippen LogP contribution in [0.2, 0.25) is 0 Å². The van der Waals surface area contributed by atoms with Crippen LogP contribution in [0.15, 0.2) is 122 Å². The fraction of sp³-hybridized carbons (Fsp3) is 0.390. The minimum absolute atomic E-state index is 0.185. The molecule has 0 aromatic heterocycles. The van der Waals surface area contributed by atoms with Crippen LogP contribution in [0, 0.1) is 17.8 Å². The number of hydrogen-bond acceptors (Lipinski definition) is 2. The molecule has 2 fully saturated rings. The van der Waals surface area contributed by atoms with Crippen LogP contribution >= 0.6 is 0 Å². The number of allylic oxidation sites excluding steroid dienone is 4. The predicted molar refractivity (Wildman–Crippen MR) is 183 cm³/mol. The van der Waals surface area contributed by atoms with Crippen molar-refractivity contribution in [1.82, 2.24) is 4.90 Å². The highest BCUT2D eigenvalue weighted by Crippen LogP contribution is 2.43. The van der Waals surface area contributed by atoms with E-state index in [4.69, 9.17) is 4.74 Å². The monoisotopic (exact) mass is 587 g/mol. The number of carbonyl (C=O) groups is 1. The lowest BCUT2D eigenvalue weighted by Gasteiger charge is -2.45. The molecule has 3 aromatic rings. The molecule has 2 aliphatic carbocycles. The van der Waals surface area contributed by atoms with Gasteiger partial charge in [0.05, 0.1) is 6.61 Å². The van der Waals surface area contributed by atoms with Crippen LogP contribution in [-0.2, 0) is 11.2 Å². The van der Waals surface area contributed by atoms with E-state index >= 15 is 0 Å². The molecule has 2 saturated carbocycles. The Morgan fingerprint density at radius 3 is 2.27 bits per heavy atom. The van der Waals surface area contributed by atoms with E-state index in [9.17, 15) is 4.79 Å². The van der Waals surface area contributed by atoms with Gasteiger partial charge in [0.15, 0.2) is 0 Å². The van der Waals surface area contributed by atoms with Crippen molar-refractivity contribution in [1.29, 1.82) is 0 Å². The van der Waals surface area contributed by atoms with E-state index < -0.39 is 0 Å². The maximum atomic E-state index is 14.7. The van der Waals surface area contributed by atoms with Gasteiger partial charge in [0.1, 0.15) is 5.76 Å². The molecule has 0 bridgehead atoms. The smallest absolute Gasteiger partial charge is 0.254 e. The lowest BCUT2D eigenvalue weighted by molar-refractivity contribution is 0.0376. The first-order chi connectivity index (χ1) is 21.7. The molecule has 44 heavy (non-hydrogen) atoms. The van der Waals surface area contributed by atoms with Gasteiger partial charge in [0.2, 0.25) is 0 Å². The second-order valence-electron chi connectivity index (χ2n) is 12.4. The Kier molecular flexibility index (Phi) is 11.7. The highest BCUT2D eigenvalue weighted by atomic mass is 16.5. The summed E-state index contributed by atoms with van der Waals surface area (Å²) >= 11 is 0. The standard InChI is InChI=1S/C41H49NO2/c1-3-5-20-36(44-4-2)31-33-25-27-35(28-26-33)38-22-14-15-24-40(38)42(30-29-32-16-8-6-9-17-32)41(43)39-23-13-12-21-37(39)34-18-10-7-11-19-34/h3,5-13,16-21,23,31,33,35,38,40H,1,4,14-15,22,24-30H2,2H3/b20-5-,36-31-/t33?,35?,38-,40+/m1/s1. The van der Waals surface area contributed by atoms with Gasteiger partial charge in [-0.05, 0) is 105 Å². The predicted octanol–water partition coefficient (Wildman–Crippen LogP) is 10.1. The van der Waals surface area contributed by atoms with Gasteiger partial charge in [-0.2, -0.15) is 0 Å². The molecule has 2 atom stereocenters. The summed E-state index contributed by atoms with van der Waals surface area (Å²) in [5, 5.41) is 0. The molecule has 3 nitrogen and oxygen atoms in total. The maximum Gasteiger partial charge on any atom is 0.254 e. The Balaban J connectivity index is 1.39. The molecule has 0 radical (unpaired) electrons. The van der Waals surface area contributed by atoms with Gasteiger partial charge in [-0.1, -0.05) is 110 Å². The number of nitrogens with zero attached hydrogens (tertiary/aromatic N) is 1. The zero-order valence-electron chi connectivity index (χ0n) is 26.5. The van der Waals surface area contributed by atoms with Crippen molar-refractivity contribution in [3.05, 3.63) is 133 Å². The normalized spacial score (nSPS) is 22.4. The Morgan fingerprint density at radius 2 is 1.55 bits per heavy atom. The SMILES string of the molecule is C=C/C=C\C(=C\C1CCC([C@H]2CCCC[C@@H]2N(CCc2ccccc2)C(=O)c2ccccc2-c2ccccc2)CC1)OCC. The van der Waals surface area contributed by atoms with Gasteiger partial charge in [-0.15, -0.1) is 0 Å². The number of amides is 1. The molecule has 230 valence electrons. The van der Waals surface area contributed by atoms with Gasteiger partial charge in [-0.25, -0.2) is 0 Å². The Labute approximate surface area is 265 Å². The van der Waals surface area contributed by atoms with Gasteiger partial charge >= 0.3 is 0 Å². The zero-order chi connectivity index (χ0) is 30.6. The molecular formula is C41H49NO2. The zero-order valence-corrected chi connectivity index (χ0v) is 26.5. The summed E-state index contributed by atoms with van der Waals surface area (Å²) in [6.07, 6.45) is 18.6. The molecule has 0 spiro atoms. The number of ether oxygens (including phenoxy) is 1. The molecular weight excluding hydrogens is 538 g/mol. The minimum atomic E-state index is 0.185. The number of benzene rings is 3. The van der Waals surface area contributed by atoms with Crippen molar-refractivity contribution in [3.63, 3.8) is 0 Å². The second-order valence-corrected chi connectivity index (χ2v) is 12.4. The topological polar surface area (TPSA) is 29.5 Å². The van der Waals surface area contributed by atoms with E-state index in [0.717, 1.165) is 41.8 Å². The molecule has 2 aliphatic rings. The highest BCUT2D eigenvalue weighted by molar-refractivity contribution is 6.01. The molecule has 0 saturated heterocycles. The number of hydrogen-bond donors (Lipinski definition) is 0. The van der Waals surface area contributed by atoms with E-state index in [1.807, 2.05) is 43.3 Å². The number of rotatable bonds is 12. The van der Waals surface area contributed by atoms with E-state index in [1.165, 1.54) is 50.5 Å². The van der Waals surface area contributed by atoms with Crippen LogP contribution in [-0.4, -0.2) is 30.0 Å². The third kappa shape index (κ3) is 8.20. The van der Waals surface area contributed by atoms with Crippen LogP contribution in [0.3, 0.4) is 0 Å². The van der Waals surface area contributed by atoms with Crippen molar-refractivity contribution in [3.8, 4) is 11.1 Å². The largest absolute Gasteiger partial charge is 0.494 e. The van der Waals surface area contributed by atoms with Crippen molar-refractivity contribution >= 4 is 5.91 Å². The average Bonchev–Trinajstić information content (AvgIpc) is 3.09. The average molecular weight is 588 g/mol. The summed E-state index contributed by atoms with van der Waals surface area (Å²) in [6.45, 7) is 7.27. The van der Waals surface area contributed by atoms with Crippen molar-refractivity contribution in [2.45, 2.75) is 70.8 Å². The maximum absolute atomic E-state index is 14.7. The first-order valence-electron chi connectivity index (χ1n) is 16.8. The summed E-state index contributed by atoms with van der Waals surface area (Å²) in [4.78, 5) is 17.0. The summed E-state index contributed by atoms with van der Waals surface area (Å²) < 4.78 is 5.89. The molecule has 3 aromatic carbocycles. The van der Waals surface area contributed by atoms with E-state index in [-0.39, 0.29) is 11.9 Å². The fourth-order valence-electron chi connectivity index (χ4n) is 7.54. The second kappa shape index (κ2) is 16.3. The molecule has 0 aliphatic heterocycles. The summed E-state index contributed by atoms with van der Waals surface area (Å²) in [7, 11) is 0. The molecule has 5 rings (SSSR count). The molecule has 1 amide bonds. The van der Waals surface area contributed by atoms with Gasteiger partial charge in [0, 0.05) is 18.2 Å². The quantitative estimate of drug-likeness (QED) is 0.156. The minimum Gasteiger partial charge on any atom is -0.494 e. The Morgan fingerprint density at radius 1 is 0.864 bits per heavy atom. The Bertz CT molecular complexity index is 1380. The van der Waals surface area contributed by atoms with Gasteiger partial charge in [0.25, 0.3) is 5.91 Å². The third-order valence-corrected chi connectivity index (χ3v) is 9.70. The van der Waals surface area contributed by atoms with Gasteiger partial charge < -0.3 is 9.64 Å². The van der Waals surface area contributed by atoms with Gasteiger partial charge in [-0.3, -0.25) is 4.79 Å². The third-order valence-electron chi connectivity index (χ3n) is 9.70. The molecule has 0 heterocycles. The van der Waals surface area contributed by atoms with Crippen LogP contribution in [0.1, 0.15) is 74.2 Å². The molecule has 3 heteroatoms. The van der Waals surface area contributed by atoms with Crippen molar-refractivity contribution in [2.24, 2.45) is 17.8 Å². The van der Waals surface area contributed by atoms with Crippen molar-refractivity contribution in [2.75, 3.05) is 13.2 Å². The van der Waals surface area contributed by atoms with Crippen LogP contribution < -0.4 is 0 Å². The van der Waals surface area contributed by atoms with Crippen molar-refractivity contribution < 1.29 is 9.53 Å². The van der Waals surface area contributed by atoms with E-state index in [0.29, 0.717) is 24.4 Å². The van der Waals surface area contributed by atoms with Crippen LogP contribution in [0.4, 0.5) is 0 Å². The summed E-state index contributed by atoms with van der Waals surface area (Å²) in [6, 6.07) is 29.5. The summed E-state index contributed by atoms with van der Waals surface area (Å²) in [5.74, 6) is 2.88. The molecule has 0 N–H and O–H groups in total. The Hall–Kier alpha value is -3.85. The first kappa shape index (κ1) is 31.6. The molecule has 0 unspecified atom stereocenters. The first-order valence-corrected chi connectivity index (χ1v) is 16.8. The van der Waals surface area contributed by atoms with Crippen LogP contribution in [0.25, 0.3) is 11.1 Å². The highest BCUT2D eigenvalue weighted by Gasteiger charge is 2.39. The lowest BCUT2D eigenvalue weighted by atomic mass is 9.68. The summed E-state index contributed by atoms with van der Waals surface area (Å²) in [5.41, 5.74) is 4.23.